The molecule has 1 atom stereocenters. The lowest BCUT2D eigenvalue weighted by Crippen LogP contribution is -2.36. The van der Waals surface area contributed by atoms with E-state index in [1.54, 1.807) is 0 Å². The van der Waals surface area contributed by atoms with E-state index in [1.165, 1.54) is 6.33 Å². The fraction of sp³-hybridized carbons (Fsp3) is 0.500. The van der Waals surface area contributed by atoms with Gasteiger partial charge in [0.2, 0.25) is 0 Å². The van der Waals surface area contributed by atoms with Crippen LogP contribution in [0.25, 0.3) is 0 Å². The zero-order valence-corrected chi connectivity index (χ0v) is 8.25. The number of nitrogens with zero attached hydrogens (tertiary/aromatic N) is 3. The lowest BCUT2D eigenvalue weighted by Gasteiger charge is -2.30. The molecule has 1 aliphatic rings. The second-order valence-electron chi connectivity index (χ2n) is 3.13. The monoisotopic (exact) mass is 199 g/mol. The molecule has 1 aromatic rings. The Bertz CT molecular complexity index is 331. The summed E-state index contributed by atoms with van der Waals surface area (Å²) in [5.41, 5.74) is 0. The predicted octanol–water partition coefficient (Wildman–Crippen LogP) is 1.35. The van der Waals surface area contributed by atoms with E-state index in [9.17, 15) is 0 Å². The third-order valence-corrected chi connectivity index (χ3v) is 2.22. The number of fused-ring (bicyclic) bond motifs is 1. The summed E-state index contributed by atoms with van der Waals surface area (Å²) in [4.78, 5) is 9.98. The van der Waals surface area contributed by atoms with Crippen molar-refractivity contribution in [2.45, 2.75) is 13.0 Å². The van der Waals surface area contributed by atoms with Crippen LogP contribution in [0, 0.1) is 0 Å². The summed E-state index contributed by atoms with van der Waals surface area (Å²) in [6, 6.07) is 0. The Hall–Kier alpha value is -1.03. The van der Waals surface area contributed by atoms with Crippen LogP contribution in [0.2, 0.25) is 5.15 Å². The van der Waals surface area contributed by atoms with Crippen LogP contribution in [0.1, 0.15) is 6.92 Å². The molecule has 2 heterocycles. The van der Waals surface area contributed by atoms with Crippen molar-refractivity contribution in [3.05, 3.63) is 11.5 Å². The predicted molar refractivity (Wildman–Crippen MR) is 50.4 cm³/mol. The first-order chi connectivity index (χ1) is 6.18. The van der Waals surface area contributed by atoms with Gasteiger partial charge in [0.15, 0.2) is 16.7 Å². The van der Waals surface area contributed by atoms with Crippen LogP contribution in [0.3, 0.4) is 0 Å². The van der Waals surface area contributed by atoms with Gasteiger partial charge in [-0.1, -0.05) is 11.6 Å². The van der Waals surface area contributed by atoms with Crippen LogP contribution in [-0.2, 0) is 0 Å². The van der Waals surface area contributed by atoms with Gasteiger partial charge in [-0.3, -0.25) is 0 Å². The van der Waals surface area contributed by atoms with E-state index in [0.29, 0.717) is 10.9 Å². The van der Waals surface area contributed by atoms with Crippen LogP contribution in [0.15, 0.2) is 6.33 Å². The first-order valence-electron chi connectivity index (χ1n) is 4.07. The highest BCUT2D eigenvalue weighted by Gasteiger charge is 2.24. The Kier molecular flexibility index (Phi) is 2.00. The van der Waals surface area contributed by atoms with Gasteiger partial charge in [0.05, 0.1) is 6.54 Å². The third kappa shape index (κ3) is 1.42. The summed E-state index contributed by atoms with van der Waals surface area (Å²) in [6.45, 7) is 2.81. The molecule has 0 saturated heterocycles. The molecule has 1 aromatic heterocycles. The number of hydrogen-bond acceptors (Lipinski definition) is 4. The Labute approximate surface area is 81.5 Å². The summed E-state index contributed by atoms with van der Waals surface area (Å²) in [7, 11) is 1.96. The average Bonchev–Trinajstić information content (AvgIpc) is 2.07. The van der Waals surface area contributed by atoms with Crippen LogP contribution < -0.4 is 9.64 Å². The number of likely N-dealkylation sites (N-methyl/N-ethyl adjacent to an activating group) is 1. The van der Waals surface area contributed by atoms with E-state index in [0.717, 1.165) is 12.4 Å². The number of anilines is 1. The fourth-order valence-corrected chi connectivity index (χ4v) is 1.60. The van der Waals surface area contributed by atoms with Crippen LogP contribution >= 0.6 is 11.6 Å². The van der Waals surface area contributed by atoms with Crippen molar-refractivity contribution in [2.75, 3.05) is 18.5 Å². The lowest BCUT2D eigenvalue weighted by atomic mass is 10.3. The maximum absolute atomic E-state index is 5.87. The highest BCUT2D eigenvalue weighted by atomic mass is 35.5. The fourth-order valence-electron chi connectivity index (χ4n) is 1.43. The highest BCUT2D eigenvalue weighted by molar-refractivity contribution is 6.31. The van der Waals surface area contributed by atoms with Gasteiger partial charge in [0, 0.05) is 7.05 Å². The molecule has 0 bridgehead atoms. The third-order valence-electron chi connectivity index (χ3n) is 1.95. The molecule has 1 aliphatic heterocycles. The molecule has 1 unspecified atom stereocenters. The van der Waals surface area contributed by atoms with Crippen LogP contribution in [0.4, 0.5) is 5.82 Å². The topological polar surface area (TPSA) is 38.2 Å². The van der Waals surface area contributed by atoms with Crippen molar-refractivity contribution in [1.29, 1.82) is 0 Å². The van der Waals surface area contributed by atoms with Gasteiger partial charge in [-0.15, -0.1) is 0 Å². The molecule has 70 valence electrons. The van der Waals surface area contributed by atoms with Gasteiger partial charge in [-0.25, -0.2) is 9.97 Å². The van der Waals surface area contributed by atoms with E-state index < -0.39 is 0 Å². The quantitative estimate of drug-likeness (QED) is 0.592. The van der Waals surface area contributed by atoms with Gasteiger partial charge in [0.1, 0.15) is 12.4 Å². The molecular formula is C8H10ClN3O. The van der Waals surface area contributed by atoms with Crippen molar-refractivity contribution in [2.24, 2.45) is 0 Å². The molecule has 2 rings (SSSR count). The average molecular weight is 200 g/mol. The Morgan fingerprint density at radius 1 is 1.62 bits per heavy atom. The molecule has 0 saturated carbocycles. The largest absolute Gasteiger partial charge is 0.482 e. The normalized spacial score (nSPS) is 20.8. The number of ether oxygens (including phenoxy) is 1. The maximum atomic E-state index is 5.87. The van der Waals surface area contributed by atoms with Crippen molar-refractivity contribution in [3.8, 4) is 5.75 Å². The van der Waals surface area contributed by atoms with Gasteiger partial charge < -0.3 is 9.64 Å². The number of aromatic nitrogens is 2. The van der Waals surface area contributed by atoms with E-state index in [2.05, 4.69) is 9.97 Å². The standard InChI is InChI=1S/C8H10ClN3O/c1-5-3-12(2)8-6(13-5)7(9)10-4-11-8/h4-5H,3H2,1-2H3. The molecule has 0 aliphatic carbocycles. The zero-order chi connectivity index (χ0) is 9.42. The zero-order valence-electron chi connectivity index (χ0n) is 7.49. The van der Waals surface area contributed by atoms with Crippen molar-refractivity contribution in [3.63, 3.8) is 0 Å². The Balaban J connectivity index is 2.49. The summed E-state index contributed by atoms with van der Waals surface area (Å²) in [5, 5.41) is 0.378. The molecule has 5 heteroatoms. The number of rotatable bonds is 0. The van der Waals surface area contributed by atoms with Gasteiger partial charge in [-0.05, 0) is 6.92 Å². The van der Waals surface area contributed by atoms with E-state index >= 15 is 0 Å². The molecule has 13 heavy (non-hydrogen) atoms. The van der Waals surface area contributed by atoms with Gasteiger partial charge in [0.25, 0.3) is 0 Å². The minimum absolute atomic E-state index is 0.126. The first kappa shape index (κ1) is 8.56. The molecule has 4 nitrogen and oxygen atoms in total. The SMILES string of the molecule is CC1CN(C)c2ncnc(Cl)c2O1. The van der Waals surface area contributed by atoms with Gasteiger partial charge >= 0.3 is 0 Å². The van der Waals surface area contributed by atoms with Crippen molar-refractivity contribution in [1.82, 2.24) is 9.97 Å². The van der Waals surface area contributed by atoms with Crippen molar-refractivity contribution < 1.29 is 4.74 Å². The lowest BCUT2D eigenvalue weighted by molar-refractivity contribution is 0.213. The smallest absolute Gasteiger partial charge is 0.199 e. The number of hydrogen-bond donors (Lipinski definition) is 0. The van der Waals surface area contributed by atoms with Gasteiger partial charge in [-0.2, -0.15) is 0 Å². The number of halogens is 1. The Morgan fingerprint density at radius 3 is 3.15 bits per heavy atom. The van der Waals surface area contributed by atoms with E-state index in [4.69, 9.17) is 16.3 Å². The van der Waals surface area contributed by atoms with E-state index in [1.807, 2.05) is 18.9 Å². The molecule has 0 spiro atoms. The summed E-state index contributed by atoms with van der Waals surface area (Å²) in [6.07, 6.45) is 1.57. The van der Waals surface area contributed by atoms with Crippen molar-refractivity contribution >= 4 is 17.4 Å². The summed E-state index contributed by atoms with van der Waals surface area (Å²) >= 11 is 5.87. The molecule has 0 N–H and O–H groups in total. The summed E-state index contributed by atoms with van der Waals surface area (Å²) in [5.74, 6) is 1.35. The Morgan fingerprint density at radius 2 is 2.38 bits per heavy atom. The molecule has 0 fully saturated rings. The molecular weight excluding hydrogens is 190 g/mol. The highest BCUT2D eigenvalue weighted by Crippen LogP contribution is 2.34. The first-order valence-corrected chi connectivity index (χ1v) is 4.44. The summed E-state index contributed by atoms with van der Waals surface area (Å²) < 4.78 is 5.53. The minimum Gasteiger partial charge on any atom is -0.482 e. The van der Waals surface area contributed by atoms with Crippen LogP contribution in [0.5, 0.6) is 5.75 Å². The molecule has 0 aromatic carbocycles. The minimum atomic E-state index is 0.126. The molecule has 0 amide bonds. The second kappa shape index (κ2) is 3.03. The van der Waals surface area contributed by atoms with E-state index in [-0.39, 0.29) is 6.10 Å². The molecule has 0 radical (unpaired) electrons. The maximum Gasteiger partial charge on any atom is 0.199 e. The van der Waals surface area contributed by atoms with Crippen LogP contribution in [-0.4, -0.2) is 29.7 Å². The second-order valence-corrected chi connectivity index (χ2v) is 3.48.